The van der Waals surface area contributed by atoms with Gasteiger partial charge < -0.3 is 5.73 Å². The third-order valence-corrected chi connectivity index (χ3v) is 4.41. The Bertz CT molecular complexity index is 616. The lowest BCUT2D eigenvalue weighted by atomic mass is 9.99. The zero-order valence-corrected chi connectivity index (χ0v) is 10.7. The Morgan fingerprint density at radius 1 is 1.21 bits per heavy atom. The van der Waals surface area contributed by atoms with Crippen molar-refractivity contribution in [1.82, 2.24) is 4.98 Å². The van der Waals surface area contributed by atoms with E-state index < -0.39 is 17.5 Å². The van der Waals surface area contributed by atoms with Crippen molar-refractivity contribution in [1.29, 1.82) is 0 Å². The van der Waals surface area contributed by atoms with Crippen molar-refractivity contribution in [3.8, 4) is 10.6 Å². The summed E-state index contributed by atoms with van der Waals surface area (Å²) >= 11 is 1.37. The first-order valence-electron chi connectivity index (χ1n) is 5.96. The van der Waals surface area contributed by atoms with Crippen LogP contribution in [0.3, 0.4) is 0 Å². The fraction of sp³-hybridized carbons (Fsp3) is 0.308. The molecular formula is C13H11F3N2S. The summed E-state index contributed by atoms with van der Waals surface area (Å²) in [6.07, 6.45) is 2.73. The van der Waals surface area contributed by atoms with Crippen molar-refractivity contribution in [2.75, 3.05) is 0 Å². The summed E-state index contributed by atoms with van der Waals surface area (Å²) in [5.41, 5.74) is 7.01. The van der Waals surface area contributed by atoms with Gasteiger partial charge in [0.05, 0.1) is 5.69 Å². The highest BCUT2D eigenvalue weighted by molar-refractivity contribution is 7.15. The minimum absolute atomic E-state index is 0.121. The van der Waals surface area contributed by atoms with E-state index in [9.17, 15) is 13.2 Å². The Morgan fingerprint density at radius 2 is 1.89 bits per heavy atom. The molecule has 0 bridgehead atoms. The number of halogens is 3. The molecule has 0 aliphatic heterocycles. The molecule has 6 heteroatoms. The van der Waals surface area contributed by atoms with E-state index in [2.05, 4.69) is 4.98 Å². The van der Waals surface area contributed by atoms with Gasteiger partial charge in [-0.15, -0.1) is 11.3 Å². The average molecular weight is 284 g/mol. The summed E-state index contributed by atoms with van der Waals surface area (Å²) in [5.74, 6) is -3.86. The predicted molar refractivity (Wildman–Crippen MR) is 67.3 cm³/mol. The molecule has 2 N–H and O–H groups in total. The van der Waals surface area contributed by atoms with Gasteiger partial charge in [0, 0.05) is 16.5 Å². The third kappa shape index (κ3) is 2.15. The minimum atomic E-state index is -1.46. The van der Waals surface area contributed by atoms with Crippen molar-refractivity contribution in [2.45, 2.75) is 25.3 Å². The van der Waals surface area contributed by atoms with E-state index >= 15 is 0 Å². The van der Waals surface area contributed by atoms with Crippen LogP contribution in [0.5, 0.6) is 0 Å². The number of aryl methyl sites for hydroxylation is 1. The van der Waals surface area contributed by atoms with E-state index in [4.69, 9.17) is 5.73 Å². The Morgan fingerprint density at radius 3 is 2.53 bits per heavy atom. The maximum absolute atomic E-state index is 13.2. The van der Waals surface area contributed by atoms with Crippen LogP contribution in [-0.4, -0.2) is 4.98 Å². The van der Waals surface area contributed by atoms with Gasteiger partial charge in [0.15, 0.2) is 17.5 Å². The van der Waals surface area contributed by atoms with Crippen LogP contribution in [0.2, 0.25) is 0 Å². The van der Waals surface area contributed by atoms with Gasteiger partial charge in [0.1, 0.15) is 5.01 Å². The van der Waals surface area contributed by atoms with Crippen LogP contribution < -0.4 is 5.73 Å². The molecule has 1 aliphatic rings. The second-order valence-electron chi connectivity index (χ2n) is 4.58. The summed E-state index contributed by atoms with van der Waals surface area (Å²) in [4.78, 5) is 5.41. The van der Waals surface area contributed by atoms with Gasteiger partial charge in [-0.3, -0.25) is 0 Å². The molecule has 2 nitrogen and oxygen atoms in total. The number of thiazole rings is 1. The van der Waals surface area contributed by atoms with Gasteiger partial charge in [-0.05, 0) is 31.4 Å². The number of hydrogen-bond acceptors (Lipinski definition) is 3. The monoisotopic (exact) mass is 284 g/mol. The lowest BCUT2D eigenvalue weighted by Gasteiger charge is -2.15. The van der Waals surface area contributed by atoms with Gasteiger partial charge >= 0.3 is 0 Å². The molecule has 0 saturated heterocycles. The van der Waals surface area contributed by atoms with Crippen LogP contribution >= 0.6 is 11.3 Å². The first-order chi connectivity index (χ1) is 9.06. The van der Waals surface area contributed by atoms with Gasteiger partial charge in [0.2, 0.25) is 0 Å². The number of rotatable bonds is 1. The molecule has 0 spiro atoms. The Kier molecular flexibility index (Phi) is 3.06. The first kappa shape index (κ1) is 12.6. The van der Waals surface area contributed by atoms with Crippen molar-refractivity contribution < 1.29 is 13.2 Å². The van der Waals surface area contributed by atoms with Crippen LogP contribution in [0.1, 0.15) is 29.5 Å². The van der Waals surface area contributed by atoms with E-state index in [1.54, 1.807) is 0 Å². The zero-order valence-electron chi connectivity index (χ0n) is 9.92. The fourth-order valence-electron chi connectivity index (χ4n) is 2.25. The lowest BCUT2D eigenvalue weighted by molar-refractivity contribution is 0.447. The molecule has 0 radical (unpaired) electrons. The molecule has 2 aromatic rings. The molecule has 1 aliphatic carbocycles. The number of nitrogens with zero attached hydrogens (tertiary/aromatic N) is 1. The van der Waals surface area contributed by atoms with E-state index in [0.717, 1.165) is 42.0 Å². The molecule has 1 aromatic carbocycles. The molecular weight excluding hydrogens is 273 g/mol. The second kappa shape index (κ2) is 4.61. The lowest BCUT2D eigenvalue weighted by Crippen LogP contribution is -2.16. The Balaban J connectivity index is 2.08. The summed E-state index contributed by atoms with van der Waals surface area (Å²) in [7, 11) is 0. The van der Waals surface area contributed by atoms with Crippen molar-refractivity contribution in [2.24, 2.45) is 5.73 Å². The van der Waals surface area contributed by atoms with Gasteiger partial charge in [-0.1, -0.05) is 0 Å². The Hall–Kier alpha value is -1.40. The first-order valence-corrected chi connectivity index (χ1v) is 6.78. The maximum atomic E-state index is 13.2. The van der Waals surface area contributed by atoms with Crippen LogP contribution in [0.15, 0.2) is 12.1 Å². The number of fused-ring (bicyclic) bond motifs is 1. The molecule has 1 unspecified atom stereocenters. The van der Waals surface area contributed by atoms with E-state index in [0.29, 0.717) is 5.01 Å². The van der Waals surface area contributed by atoms with Crippen LogP contribution in [0.4, 0.5) is 13.2 Å². The van der Waals surface area contributed by atoms with Crippen molar-refractivity contribution in [3.63, 3.8) is 0 Å². The molecule has 1 aromatic heterocycles. The molecule has 1 heterocycles. The van der Waals surface area contributed by atoms with Crippen molar-refractivity contribution in [3.05, 3.63) is 40.2 Å². The average Bonchev–Trinajstić information content (AvgIpc) is 2.81. The quantitative estimate of drug-likeness (QED) is 0.813. The van der Waals surface area contributed by atoms with E-state index in [1.807, 2.05) is 0 Å². The van der Waals surface area contributed by atoms with Gasteiger partial charge in [-0.25, -0.2) is 18.2 Å². The molecule has 0 amide bonds. The summed E-state index contributed by atoms with van der Waals surface area (Å²) in [6.45, 7) is 0. The smallest absolute Gasteiger partial charge is 0.194 e. The van der Waals surface area contributed by atoms with Gasteiger partial charge in [-0.2, -0.15) is 0 Å². The highest BCUT2D eigenvalue weighted by atomic mass is 32.1. The highest BCUT2D eigenvalue weighted by Gasteiger charge is 2.23. The number of hydrogen-bond donors (Lipinski definition) is 1. The normalized spacial score (nSPS) is 18.4. The van der Waals surface area contributed by atoms with E-state index in [-0.39, 0.29) is 11.6 Å². The largest absolute Gasteiger partial charge is 0.323 e. The summed E-state index contributed by atoms with van der Waals surface area (Å²) in [6, 6.07) is 1.81. The van der Waals surface area contributed by atoms with Crippen LogP contribution in [0.25, 0.3) is 10.6 Å². The number of nitrogens with two attached hydrogens (primary N) is 1. The number of benzene rings is 1. The molecule has 3 rings (SSSR count). The fourth-order valence-corrected chi connectivity index (χ4v) is 3.42. The standard InChI is InChI=1S/C13H11F3N2S/c14-7-4-6(5-8(15)11(7)16)13-18-12-9(17)2-1-3-10(12)19-13/h4-5,9H,1-3,17H2. The minimum Gasteiger partial charge on any atom is -0.323 e. The van der Waals surface area contributed by atoms with E-state index in [1.165, 1.54) is 11.3 Å². The van der Waals surface area contributed by atoms with Gasteiger partial charge in [0.25, 0.3) is 0 Å². The molecule has 100 valence electrons. The Labute approximate surface area is 112 Å². The summed E-state index contributed by atoms with van der Waals surface area (Å²) < 4.78 is 39.4. The highest BCUT2D eigenvalue weighted by Crippen LogP contribution is 2.36. The molecule has 1 atom stereocenters. The maximum Gasteiger partial charge on any atom is 0.194 e. The topological polar surface area (TPSA) is 38.9 Å². The molecule has 0 saturated carbocycles. The summed E-state index contributed by atoms with van der Waals surface area (Å²) in [5, 5.41) is 0.486. The zero-order chi connectivity index (χ0) is 13.6. The SMILES string of the molecule is NC1CCCc2sc(-c3cc(F)c(F)c(F)c3)nc21. The van der Waals surface area contributed by atoms with Crippen molar-refractivity contribution >= 4 is 11.3 Å². The van der Waals surface area contributed by atoms with Crippen LogP contribution in [0, 0.1) is 17.5 Å². The number of aromatic nitrogens is 1. The predicted octanol–water partition coefficient (Wildman–Crippen LogP) is 3.56. The second-order valence-corrected chi connectivity index (χ2v) is 5.66. The molecule has 19 heavy (non-hydrogen) atoms. The van der Waals surface area contributed by atoms with Crippen LogP contribution in [-0.2, 0) is 6.42 Å². The third-order valence-electron chi connectivity index (χ3n) is 3.23. The molecule has 0 fully saturated rings.